The van der Waals surface area contributed by atoms with Crippen LogP contribution in [0.2, 0.25) is 0 Å². The number of nitrogens with one attached hydrogen (secondary N) is 1. The van der Waals surface area contributed by atoms with Gasteiger partial charge in [0, 0.05) is 51.5 Å². The Morgan fingerprint density at radius 3 is 1.73 bits per heavy atom. The molecule has 2 fully saturated rings. The zero-order valence-electron chi connectivity index (χ0n) is 27.9. The first-order chi connectivity index (χ1) is 23.4. The molecular weight excluding hydrogens is 644 g/mol. The molecular formula is C38H47ClN4O6. The molecule has 1 N–H and O–H groups in total. The lowest BCUT2D eigenvalue weighted by atomic mass is 10.0. The lowest BCUT2D eigenvalue weighted by Crippen LogP contribution is -2.39. The van der Waals surface area contributed by atoms with E-state index in [-0.39, 0.29) is 45.9 Å². The third-order valence-electron chi connectivity index (χ3n) is 9.31. The van der Waals surface area contributed by atoms with Crippen LogP contribution < -0.4 is 5.32 Å². The Labute approximate surface area is 295 Å². The van der Waals surface area contributed by atoms with Crippen molar-refractivity contribution in [2.24, 2.45) is 0 Å². The molecule has 3 aromatic carbocycles. The van der Waals surface area contributed by atoms with Crippen molar-refractivity contribution >= 4 is 52.2 Å². The third-order valence-corrected chi connectivity index (χ3v) is 9.31. The lowest BCUT2D eigenvalue weighted by molar-refractivity contribution is 0.0592. The fourth-order valence-corrected chi connectivity index (χ4v) is 6.65. The van der Waals surface area contributed by atoms with Gasteiger partial charge in [0.15, 0.2) is 0 Å². The molecule has 5 aromatic rings. The van der Waals surface area contributed by atoms with Gasteiger partial charge in [-0.05, 0) is 91.5 Å². The van der Waals surface area contributed by atoms with E-state index < -0.39 is 0 Å². The van der Waals surface area contributed by atoms with E-state index in [1.807, 2.05) is 60.7 Å². The zero-order chi connectivity index (χ0) is 33.5. The first kappa shape index (κ1) is 35.5. The highest BCUT2D eigenvalue weighted by Crippen LogP contribution is 2.29. The number of methoxy groups -OCH3 is 2. The molecule has 10 nitrogen and oxygen atoms in total. The van der Waals surface area contributed by atoms with Crippen molar-refractivity contribution in [1.82, 2.24) is 19.4 Å². The number of ether oxygens (including phenoxy) is 3. The topological polar surface area (TPSA) is 104 Å². The maximum absolute atomic E-state index is 12.4. The number of hydrogen-bond acceptors (Lipinski definition) is 7. The van der Waals surface area contributed by atoms with Crippen LogP contribution in [0.3, 0.4) is 0 Å². The van der Waals surface area contributed by atoms with E-state index in [4.69, 9.17) is 14.2 Å². The average Bonchev–Trinajstić information content (AvgIpc) is 3.78. The molecule has 2 saturated heterocycles. The summed E-state index contributed by atoms with van der Waals surface area (Å²) in [6, 6.07) is 26.0. The summed E-state index contributed by atoms with van der Waals surface area (Å²) in [6.07, 6.45) is 7.86. The van der Waals surface area contributed by atoms with E-state index in [1.165, 1.54) is 19.6 Å². The molecule has 0 bridgehead atoms. The van der Waals surface area contributed by atoms with Crippen molar-refractivity contribution in [1.29, 1.82) is 0 Å². The summed E-state index contributed by atoms with van der Waals surface area (Å²) in [4.78, 5) is 37.6. The molecule has 4 heterocycles. The smallest absolute Gasteiger partial charge is 0.410 e. The van der Waals surface area contributed by atoms with Crippen LogP contribution in [0.15, 0.2) is 91.3 Å². The number of esters is 2. The molecule has 0 unspecified atom stereocenters. The van der Waals surface area contributed by atoms with Gasteiger partial charge in [-0.25, -0.2) is 14.4 Å². The van der Waals surface area contributed by atoms with Crippen molar-refractivity contribution in [2.45, 2.75) is 44.4 Å². The standard InChI is InChI=1S/C23H24N2O4.C15H18N2O2.ClH.2H2/c1-28-22(26)19-8-7-18-9-14-25(21(18)15-19)20-10-12-24(13-11-20)23(27)29-16-17-5-3-2-4-6-17;1-19-15(18)12-3-2-11-6-9-17(14(11)10-12)13-4-7-16-8-5-13;;;/h2-9,14-15,20H,10-13,16H2,1H3;2-3,6,9-10,13,16H,4-5,7-8H2,1H3;3*1H. The van der Waals surface area contributed by atoms with Gasteiger partial charge in [-0.15, -0.1) is 12.4 Å². The van der Waals surface area contributed by atoms with Gasteiger partial charge in [0.1, 0.15) is 6.61 Å². The van der Waals surface area contributed by atoms with Crippen LogP contribution in [-0.2, 0) is 20.8 Å². The fourth-order valence-electron chi connectivity index (χ4n) is 6.65. The van der Waals surface area contributed by atoms with Gasteiger partial charge in [-0.3, -0.25) is 0 Å². The molecule has 0 radical (unpaired) electrons. The van der Waals surface area contributed by atoms with Gasteiger partial charge in [-0.1, -0.05) is 42.5 Å². The second-order valence-corrected chi connectivity index (χ2v) is 12.2. The van der Waals surface area contributed by atoms with Crippen molar-refractivity contribution in [3.63, 3.8) is 0 Å². The van der Waals surface area contributed by atoms with E-state index in [0.29, 0.717) is 30.3 Å². The van der Waals surface area contributed by atoms with Crippen LogP contribution >= 0.6 is 12.4 Å². The van der Waals surface area contributed by atoms with Crippen molar-refractivity contribution < 1.29 is 31.4 Å². The molecule has 7 rings (SSSR count). The van der Waals surface area contributed by atoms with Gasteiger partial charge in [0.2, 0.25) is 0 Å². The molecule has 11 heteroatoms. The molecule has 262 valence electrons. The summed E-state index contributed by atoms with van der Waals surface area (Å²) in [7, 11) is 2.80. The Morgan fingerprint density at radius 1 is 0.714 bits per heavy atom. The Morgan fingerprint density at radius 2 is 1.22 bits per heavy atom. The number of fused-ring (bicyclic) bond motifs is 2. The Balaban J connectivity index is 0.000000280. The van der Waals surface area contributed by atoms with Gasteiger partial charge >= 0.3 is 18.0 Å². The number of benzene rings is 3. The summed E-state index contributed by atoms with van der Waals surface area (Å²) in [5.74, 6) is -0.615. The lowest BCUT2D eigenvalue weighted by Gasteiger charge is -2.32. The van der Waals surface area contributed by atoms with Crippen molar-refractivity contribution in [2.75, 3.05) is 40.4 Å². The Kier molecular flexibility index (Phi) is 12.0. The summed E-state index contributed by atoms with van der Waals surface area (Å²) < 4.78 is 19.6. The summed E-state index contributed by atoms with van der Waals surface area (Å²) in [6.45, 7) is 3.70. The Hall–Kier alpha value is -4.80. The second-order valence-electron chi connectivity index (χ2n) is 12.2. The number of carbonyl (C=O) groups is 3. The molecule has 2 aromatic heterocycles. The predicted molar refractivity (Wildman–Crippen MR) is 196 cm³/mol. The van der Waals surface area contributed by atoms with E-state index >= 15 is 0 Å². The van der Waals surface area contributed by atoms with Crippen LogP contribution in [0, 0.1) is 0 Å². The molecule has 2 aliphatic heterocycles. The minimum atomic E-state index is -0.337. The highest BCUT2D eigenvalue weighted by atomic mass is 35.5. The van der Waals surface area contributed by atoms with Crippen LogP contribution in [0.25, 0.3) is 21.8 Å². The number of aromatic nitrogens is 2. The van der Waals surface area contributed by atoms with Gasteiger partial charge < -0.3 is 33.6 Å². The van der Waals surface area contributed by atoms with Crippen LogP contribution in [-0.4, -0.2) is 72.5 Å². The molecule has 1 amide bonds. The molecule has 49 heavy (non-hydrogen) atoms. The molecule has 0 atom stereocenters. The highest BCUT2D eigenvalue weighted by Gasteiger charge is 2.26. The maximum Gasteiger partial charge on any atom is 0.410 e. The predicted octanol–water partition coefficient (Wildman–Crippen LogP) is 7.67. The first-order valence-corrected chi connectivity index (χ1v) is 16.5. The quantitative estimate of drug-likeness (QED) is 0.144. The largest absolute Gasteiger partial charge is 0.465 e. The first-order valence-electron chi connectivity index (χ1n) is 16.5. The number of rotatable bonds is 6. The number of nitrogens with zero attached hydrogens (tertiary/aromatic N) is 3. The monoisotopic (exact) mass is 690 g/mol. The number of hydrogen-bond donors (Lipinski definition) is 1. The Bertz CT molecular complexity index is 1890. The fraction of sp³-hybridized carbons (Fsp3) is 0.342. The van der Waals surface area contributed by atoms with Crippen LogP contribution in [0.1, 0.15) is 66.9 Å². The third kappa shape index (κ3) is 8.26. The summed E-state index contributed by atoms with van der Waals surface area (Å²) >= 11 is 0. The van der Waals surface area contributed by atoms with Crippen LogP contribution in [0.4, 0.5) is 4.79 Å². The molecule has 2 aliphatic rings. The normalized spacial score (nSPS) is 15.2. The SMILES string of the molecule is COC(=O)c1ccc2ccn(C3CCN(C(=O)OCc4ccccc4)CC3)c2c1.COC(=O)c1ccc2ccn(C3CCNCC3)c2c1.Cl.[HH].[HH]. The van der Waals surface area contributed by atoms with Crippen molar-refractivity contribution in [3.05, 3.63) is 108 Å². The number of likely N-dealkylation sites (tertiary alicyclic amines) is 1. The van der Waals surface area contributed by atoms with Gasteiger partial charge in [0.25, 0.3) is 0 Å². The number of amides is 1. The summed E-state index contributed by atoms with van der Waals surface area (Å²) in [5, 5.41) is 5.63. The van der Waals surface area contributed by atoms with E-state index in [0.717, 1.165) is 60.8 Å². The number of carbonyl (C=O) groups excluding carboxylic acids is 3. The van der Waals surface area contributed by atoms with E-state index in [9.17, 15) is 14.4 Å². The average molecular weight is 691 g/mol. The van der Waals surface area contributed by atoms with Crippen LogP contribution in [0.5, 0.6) is 0 Å². The molecule has 0 aliphatic carbocycles. The molecule has 0 spiro atoms. The number of halogens is 1. The maximum atomic E-state index is 12.4. The molecule has 0 saturated carbocycles. The van der Waals surface area contributed by atoms with E-state index in [1.54, 1.807) is 11.0 Å². The number of piperidine rings is 2. The van der Waals surface area contributed by atoms with Crippen molar-refractivity contribution in [3.8, 4) is 0 Å². The van der Waals surface area contributed by atoms with E-state index in [2.05, 4.69) is 39.0 Å². The summed E-state index contributed by atoms with van der Waals surface area (Å²) in [5.41, 5.74) is 4.27. The van der Waals surface area contributed by atoms with Gasteiger partial charge in [-0.2, -0.15) is 0 Å². The second kappa shape index (κ2) is 16.5. The minimum Gasteiger partial charge on any atom is -0.465 e. The highest BCUT2D eigenvalue weighted by molar-refractivity contribution is 5.95. The zero-order valence-corrected chi connectivity index (χ0v) is 28.7. The van der Waals surface area contributed by atoms with Gasteiger partial charge in [0.05, 0.1) is 25.3 Å². The minimum absolute atomic E-state index is 0.